The summed E-state index contributed by atoms with van der Waals surface area (Å²) in [6.07, 6.45) is 7.34. The third kappa shape index (κ3) is 4.16. The highest BCUT2D eigenvalue weighted by atomic mass is 16.2. The number of fused-ring (bicyclic) bond motifs is 2. The van der Waals surface area contributed by atoms with Crippen LogP contribution in [0.15, 0.2) is 0 Å². The van der Waals surface area contributed by atoms with E-state index in [0.717, 1.165) is 38.8 Å². The number of nitrogens with zero attached hydrogens (tertiary/aromatic N) is 2. The molecular formula is C20H36N4O2. The van der Waals surface area contributed by atoms with Gasteiger partial charge in [-0.2, -0.15) is 0 Å². The topological polar surface area (TPSA) is 78.7 Å². The highest BCUT2D eigenvalue weighted by Crippen LogP contribution is 2.40. The lowest BCUT2D eigenvalue weighted by Crippen LogP contribution is -2.55. The van der Waals surface area contributed by atoms with E-state index in [4.69, 9.17) is 5.73 Å². The Hall–Kier alpha value is -1.30. The van der Waals surface area contributed by atoms with E-state index in [1.165, 1.54) is 19.3 Å². The zero-order valence-corrected chi connectivity index (χ0v) is 16.5. The van der Waals surface area contributed by atoms with E-state index >= 15 is 0 Å². The van der Waals surface area contributed by atoms with Crippen molar-refractivity contribution in [2.24, 2.45) is 23.5 Å². The lowest BCUT2D eigenvalue weighted by atomic mass is 9.67. The van der Waals surface area contributed by atoms with Crippen molar-refractivity contribution in [3.05, 3.63) is 0 Å². The van der Waals surface area contributed by atoms with Crippen LogP contribution < -0.4 is 11.1 Å². The number of amides is 3. The van der Waals surface area contributed by atoms with Crippen molar-refractivity contribution in [3.8, 4) is 0 Å². The molecule has 0 radical (unpaired) electrons. The number of likely N-dealkylation sites (tertiary alicyclic amines) is 1. The van der Waals surface area contributed by atoms with Gasteiger partial charge < -0.3 is 20.9 Å². The summed E-state index contributed by atoms with van der Waals surface area (Å²) in [6, 6.07) is 0.754. The van der Waals surface area contributed by atoms with Gasteiger partial charge in [0.1, 0.15) is 0 Å². The summed E-state index contributed by atoms with van der Waals surface area (Å²) < 4.78 is 0. The molecule has 1 saturated heterocycles. The average molecular weight is 365 g/mol. The van der Waals surface area contributed by atoms with Gasteiger partial charge in [-0.25, -0.2) is 4.79 Å². The first kappa shape index (κ1) is 19.5. The summed E-state index contributed by atoms with van der Waals surface area (Å²) in [7, 11) is 0. The summed E-state index contributed by atoms with van der Waals surface area (Å²) >= 11 is 0. The maximum atomic E-state index is 12.8. The van der Waals surface area contributed by atoms with Crippen LogP contribution in [0.2, 0.25) is 0 Å². The van der Waals surface area contributed by atoms with Crippen LogP contribution in [0.25, 0.3) is 0 Å². The molecule has 3 rings (SSSR count). The Balaban J connectivity index is 1.50. The molecule has 2 atom stereocenters. The van der Waals surface area contributed by atoms with Gasteiger partial charge in [0.25, 0.3) is 0 Å². The molecule has 0 aromatic rings. The molecule has 1 heterocycles. The smallest absolute Gasteiger partial charge is 0.319 e. The summed E-state index contributed by atoms with van der Waals surface area (Å²) in [5.41, 5.74) is 6.20. The number of hydrogen-bond donors (Lipinski definition) is 2. The van der Waals surface area contributed by atoms with Gasteiger partial charge in [-0.05, 0) is 64.2 Å². The monoisotopic (exact) mass is 364 g/mol. The molecule has 6 heteroatoms. The minimum atomic E-state index is 0.0482. The maximum absolute atomic E-state index is 12.8. The summed E-state index contributed by atoms with van der Waals surface area (Å²) in [6.45, 7) is 6.87. The lowest BCUT2D eigenvalue weighted by molar-refractivity contribution is -0.128. The first-order valence-electron chi connectivity index (χ1n) is 10.6. The number of carbonyl (C=O) groups is 2. The van der Waals surface area contributed by atoms with Crippen LogP contribution in [0, 0.1) is 17.8 Å². The van der Waals surface area contributed by atoms with Gasteiger partial charge >= 0.3 is 6.03 Å². The first-order valence-corrected chi connectivity index (χ1v) is 10.6. The zero-order valence-electron chi connectivity index (χ0n) is 16.5. The molecule has 3 N–H and O–H groups in total. The van der Waals surface area contributed by atoms with Gasteiger partial charge in [-0.1, -0.05) is 6.42 Å². The SMILES string of the molecule is CCN(CC)C(=O)N1CCC(C(=O)NC2C3CCCC2CC(N)C3)CC1. The molecule has 6 nitrogen and oxygen atoms in total. The number of carbonyl (C=O) groups excluding carboxylic acids is 2. The van der Waals surface area contributed by atoms with Crippen molar-refractivity contribution >= 4 is 11.9 Å². The quantitative estimate of drug-likeness (QED) is 0.802. The molecule has 2 aliphatic carbocycles. The normalized spacial score (nSPS) is 32.2. The van der Waals surface area contributed by atoms with E-state index in [0.29, 0.717) is 37.0 Å². The molecule has 2 bridgehead atoms. The molecule has 1 aliphatic heterocycles. The predicted molar refractivity (Wildman–Crippen MR) is 103 cm³/mol. The van der Waals surface area contributed by atoms with Crippen LogP contribution in [-0.2, 0) is 4.79 Å². The summed E-state index contributed by atoms with van der Waals surface area (Å²) in [5, 5.41) is 3.39. The van der Waals surface area contributed by atoms with E-state index in [2.05, 4.69) is 5.32 Å². The molecule has 148 valence electrons. The molecular weight excluding hydrogens is 328 g/mol. The molecule has 3 amide bonds. The van der Waals surface area contributed by atoms with Crippen molar-refractivity contribution in [2.75, 3.05) is 26.2 Å². The van der Waals surface area contributed by atoms with Crippen LogP contribution >= 0.6 is 0 Å². The first-order chi connectivity index (χ1) is 12.5. The second kappa shape index (κ2) is 8.59. The minimum absolute atomic E-state index is 0.0482. The number of urea groups is 1. The Bertz CT molecular complexity index is 486. The Kier molecular flexibility index (Phi) is 6.43. The van der Waals surface area contributed by atoms with E-state index in [1.54, 1.807) is 0 Å². The number of hydrogen-bond acceptors (Lipinski definition) is 3. The van der Waals surface area contributed by atoms with Crippen molar-refractivity contribution in [1.82, 2.24) is 15.1 Å². The van der Waals surface area contributed by atoms with Crippen molar-refractivity contribution in [3.63, 3.8) is 0 Å². The van der Waals surface area contributed by atoms with Gasteiger partial charge in [-0.15, -0.1) is 0 Å². The van der Waals surface area contributed by atoms with Crippen molar-refractivity contribution in [2.45, 2.75) is 70.9 Å². The third-order valence-corrected chi connectivity index (χ3v) is 6.86. The van der Waals surface area contributed by atoms with Crippen LogP contribution in [0.5, 0.6) is 0 Å². The fourth-order valence-electron chi connectivity index (χ4n) is 5.33. The number of rotatable bonds is 4. The Morgan fingerprint density at radius 2 is 1.62 bits per heavy atom. The van der Waals surface area contributed by atoms with E-state index in [9.17, 15) is 9.59 Å². The molecule has 3 aliphatic rings. The van der Waals surface area contributed by atoms with Gasteiger partial charge in [0, 0.05) is 44.2 Å². The molecule has 0 aromatic carbocycles. The maximum Gasteiger partial charge on any atom is 0.319 e. The molecule has 2 unspecified atom stereocenters. The second-order valence-corrected chi connectivity index (χ2v) is 8.43. The molecule has 0 spiro atoms. The van der Waals surface area contributed by atoms with Gasteiger partial charge in [0.15, 0.2) is 0 Å². The second-order valence-electron chi connectivity index (χ2n) is 8.43. The summed E-state index contributed by atoms with van der Waals surface area (Å²) in [5.74, 6) is 1.38. The molecule has 26 heavy (non-hydrogen) atoms. The number of piperidine rings is 1. The van der Waals surface area contributed by atoms with Crippen molar-refractivity contribution < 1.29 is 9.59 Å². The highest BCUT2D eigenvalue weighted by molar-refractivity contribution is 5.80. The van der Waals surface area contributed by atoms with E-state index in [-0.39, 0.29) is 17.9 Å². The standard InChI is InChI=1S/C20H36N4O2/c1-3-23(4-2)20(26)24-10-8-14(9-11-24)19(25)22-18-15-6-5-7-16(18)13-17(21)12-15/h14-18H,3-13,21H2,1-2H3,(H,22,25). The van der Waals surface area contributed by atoms with Crippen molar-refractivity contribution in [1.29, 1.82) is 0 Å². The van der Waals surface area contributed by atoms with Crippen LogP contribution in [0.4, 0.5) is 4.79 Å². The zero-order chi connectivity index (χ0) is 18.7. The highest BCUT2D eigenvalue weighted by Gasteiger charge is 2.41. The molecule has 0 aromatic heterocycles. The number of nitrogens with two attached hydrogens (primary N) is 1. The minimum Gasteiger partial charge on any atom is -0.353 e. The fraction of sp³-hybridized carbons (Fsp3) is 0.900. The van der Waals surface area contributed by atoms with Crippen LogP contribution in [0.1, 0.15) is 58.8 Å². The summed E-state index contributed by atoms with van der Waals surface area (Å²) in [4.78, 5) is 29.1. The largest absolute Gasteiger partial charge is 0.353 e. The van der Waals surface area contributed by atoms with Crippen LogP contribution in [-0.4, -0.2) is 60.0 Å². The Labute approximate surface area is 157 Å². The third-order valence-electron chi connectivity index (χ3n) is 6.86. The molecule has 2 saturated carbocycles. The Morgan fingerprint density at radius 1 is 1.04 bits per heavy atom. The van der Waals surface area contributed by atoms with Gasteiger partial charge in [-0.3, -0.25) is 4.79 Å². The predicted octanol–water partition coefficient (Wildman–Crippen LogP) is 2.18. The molecule has 3 fully saturated rings. The average Bonchev–Trinajstić information content (AvgIpc) is 2.63. The van der Waals surface area contributed by atoms with Crippen LogP contribution in [0.3, 0.4) is 0 Å². The fourth-order valence-corrected chi connectivity index (χ4v) is 5.33. The lowest BCUT2D eigenvalue weighted by Gasteiger charge is -2.45. The number of nitrogens with one attached hydrogen (secondary N) is 1. The van der Waals surface area contributed by atoms with E-state index < -0.39 is 0 Å². The van der Waals surface area contributed by atoms with E-state index in [1.807, 2.05) is 23.6 Å². The van der Waals surface area contributed by atoms with Gasteiger partial charge in [0.05, 0.1) is 0 Å². The Morgan fingerprint density at radius 3 is 2.15 bits per heavy atom. The van der Waals surface area contributed by atoms with Gasteiger partial charge in [0.2, 0.25) is 5.91 Å².